The maximum atomic E-state index is 12.7. The van der Waals surface area contributed by atoms with E-state index < -0.39 is 0 Å². The van der Waals surface area contributed by atoms with Crippen LogP contribution in [0.1, 0.15) is 52.9 Å². The minimum Gasteiger partial charge on any atom is -0.465 e. The van der Waals surface area contributed by atoms with E-state index in [2.05, 4.69) is 15.4 Å². The van der Waals surface area contributed by atoms with Crippen molar-refractivity contribution in [3.63, 3.8) is 0 Å². The van der Waals surface area contributed by atoms with Crippen LogP contribution in [0.15, 0.2) is 51.4 Å². The van der Waals surface area contributed by atoms with Gasteiger partial charge in [0.2, 0.25) is 0 Å². The number of carbonyl (C=O) groups excluding carboxylic acids is 1. The average molecular weight is 393 g/mol. The molecule has 1 fully saturated rings. The number of amides is 1. The van der Waals surface area contributed by atoms with Crippen molar-refractivity contribution in [3.05, 3.63) is 65.2 Å². The summed E-state index contributed by atoms with van der Waals surface area (Å²) in [6, 6.07) is 13.6. The minimum atomic E-state index is -0.239. The van der Waals surface area contributed by atoms with Gasteiger partial charge in [-0.1, -0.05) is 41.4 Å². The number of piperidine rings is 1. The predicted molar refractivity (Wildman–Crippen MR) is 111 cm³/mol. The fourth-order valence-corrected chi connectivity index (χ4v) is 3.79. The molecule has 3 heterocycles. The molecule has 1 N–H and O–H groups in total. The summed E-state index contributed by atoms with van der Waals surface area (Å²) in [5.74, 6) is 2.12. The van der Waals surface area contributed by atoms with Crippen molar-refractivity contribution < 1.29 is 13.7 Å². The van der Waals surface area contributed by atoms with Gasteiger partial charge in [0.05, 0.1) is 6.04 Å². The van der Waals surface area contributed by atoms with Crippen LogP contribution in [-0.4, -0.2) is 35.6 Å². The first-order valence-electron chi connectivity index (χ1n) is 10.2. The van der Waals surface area contributed by atoms with Gasteiger partial charge in [0, 0.05) is 18.2 Å². The maximum Gasteiger partial charge on any atom is 0.273 e. The molecule has 2 aromatic heterocycles. The normalized spacial score (nSPS) is 15.9. The quantitative estimate of drug-likeness (QED) is 0.667. The molecular formula is C23H27N3O3. The molecule has 4 rings (SSSR count). The Bertz CT molecular complexity index is 952. The summed E-state index contributed by atoms with van der Waals surface area (Å²) in [6.45, 7) is 6.47. The molecule has 0 spiro atoms. The Morgan fingerprint density at radius 3 is 2.55 bits per heavy atom. The number of nitrogens with one attached hydrogen (secondary N) is 1. The van der Waals surface area contributed by atoms with Crippen LogP contribution in [0, 0.1) is 13.8 Å². The SMILES string of the molecule is Cc1ccc(-c2cc(C(=O)NC[C@@H](c3ccc(C)o3)N3CCCCC3)no2)cc1. The first kappa shape index (κ1) is 19.5. The molecule has 1 amide bonds. The highest BCUT2D eigenvalue weighted by Gasteiger charge is 2.26. The summed E-state index contributed by atoms with van der Waals surface area (Å²) >= 11 is 0. The lowest BCUT2D eigenvalue weighted by atomic mass is 10.1. The molecule has 3 aromatic rings. The van der Waals surface area contributed by atoms with E-state index in [-0.39, 0.29) is 17.6 Å². The van der Waals surface area contributed by atoms with Crippen LogP contribution in [0.3, 0.4) is 0 Å². The zero-order valence-electron chi connectivity index (χ0n) is 17.0. The summed E-state index contributed by atoms with van der Waals surface area (Å²) in [6.07, 6.45) is 3.61. The Kier molecular flexibility index (Phi) is 5.81. The van der Waals surface area contributed by atoms with E-state index >= 15 is 0 Å². The third kappa shape index (κ3) is 4.59. The molecule has 0 unspecified atom stereocenters. The first-order chi connectivity index (χ1) is 14.1. The number of aryl methyl sites for hydroxylation is 2. The lowest BCUT2D eigenvalue weighted by Crippen LogP contribution is -2.40. The van der Waals surface area contributed by atoms with Gasteiger partial charge in [-0.25, -0.2) is 0 Å². The van der Waals surface area contributed by atoms with Gasteiger partial charge in [0.15, 0.2) is 11.5 Å². The fourth-order valence-electron chi connectivity index (χ4n) is 3.79. The van der Waals surface area contributed by atoms with Crippen molar-refractivity contribution in [3.8, 4) is 11.3 Å². The number of aromatic nitrogens is 1. The molecule has 0 aliphatic carbocycles. The van der Waals surface area contributed by atoms with E-state index in [9.17, 15) is 4.79 Å². The summed E-state index contributed by atoms with van der Waals surface area (Å²) in [4.78, 5) is 15.1. The fraction of sp³-hybridized carbons (Fsp3) is 0.391. The summed E-state index contributed by atoms with van der Waals surface area (Å²) in [5.41, 5.74) is 2.36. The van der Waals surface area contributed by atoms with E-state index in [4.69, 9.17) is 8.94 Å². The Labute approximate surface area is 170 Å². The second-order valence-electron chi connectivity index (χ2n) is 7.71. The van der Waals surface area contributed by atoms with Gasteiger partial charge < -0.3 is 14.3 Å². The molecular weight excluding hydrogens is 366 g/mol. The molecule has 1 aliphatic rings. The van der Waals surface area contributed by atoms with Crippen molar-refractivity contribution in [2.45, 2.75) is 39.2 Å². The molecule has 29 heavy (non-hydrogen) atoms. The predicted octanol–water partition coefficient (Wildman–Crippen LogP) is 4.51. The highest BCUT2D eigenvalue weighted by atomic mass is 16.5. The number of likely N-dealkylation sites (tertiary alicyclic amines) is 1. The number of hydrogen-bond donors (Lipinski definition) is 1. The van der Waals surface area contributed by atoms with Gasteiger partial charge in [-0.05, 0) is 51.9 Å². The number of carbonyl (C=O) groups is 1. The van der Waals surface area contributed by atoms with E-state index in [0.717, 1.165) is 30.2 Å². The molecule has 0 saturated carbocycles. The van der Waals surface area contributed by atoms with Crippen LogP contribution in [0.5, 0.6) is 0 Å². The third-order valence-electron chi connectivity index (χ3n) is 5.46. The summed E-state index contributed by atoms with van der Waals surface area (Å²) < 4.78 is 11.3. The highest BCUT2D eigenvalue weighted by Crippen LogP contribution is 2.26. The molecule has 1 saturated heterocycles. The van der Waals surface area contributed by atoms with Crippen molar-refractivity contribution in [1.82, 2.24) is 15.4 Å². The largest absolute Gasteiger partial charge is 0.465 e. The standard InChI is InChI=1S/C23H27N3O3/c1-16-6-9-18(10-7-16)22-14-19(25-29-22)23(27)24-15-20(21-11-8-17(2)28-21)26-12-4-3-5-13-26/h6-11,14,20H,3-5,12-13,15H2,1-2H3,(H,24,27)/t20-/m0/s1. The van der Waals surface area contributed by atoms with Gasteiger partial charge in [-0.15, -0.1) is 0 Å². The van der Waals surface area contributed by atoms with Gasteiger partial charge in [0.1, 0.15) is 11.5 Å². The Balaban J connectivity index is 1.44. The van der Waals surface area contributed by atoms with Gasteiger partial charge in [-0.3, -0.25) is 9.69 Å². The summed E-state index contributed by atoms with van der Waals surface area (Å²) in [7, 11) is 0. The van der Waals surface area contributed by atoms with Crippen LogP contribution in [0.25, 0.3) is 11.3 Å². The van der Waals surface area contributed by atoms with Crippen LogP contribution >= 0.6 is 0 Å². The molecule has 6 nitrogen and oxygen atoms in total. The summed E-state index contributed by atoms with van der Waals surface area (Å²) in [5, 5.41) is 6.97. The van der Waals surface area contributed by atoms with Gasteiger partial charge in [0.25, 0.3) is 5.91 Å². The molecule has 6 heteroatoms. The number of rotatable bonds is 6. The maximum absolute atomic E-state index is 12.7. The van der Waals surface area contributed by atoms with E-state index in [1.165, 1.54) is 24.8 Å². The smallest absolute Gasteiger partial charge is 0.273 e. The van der Waals surface area contributed by atoms with Gasteiger partial charge >= 0.3 is 0 Å². The molecule has 1 aliphatic heterocycles. The Hall–Kier alpha value is -2.86. The van der Waals surface area contributed by atoms with Crippen molar-refractivity contribution in [1.29, 1.82) is 0 Å². The van der Waals surface area contributed by atoms with Crippen LogP contribution in [0.4, 0.5) is 0 Å². The highest BCUT2D eigenvalue weighted by molar-refractivity contribution is 5.93. The monoisotopic (exact) mass is 393 g/mol. The Morgan fingerprint density at radius 2 is 1.86 bits per heavy atom. The zero-order valence-corrected chi connectivity index (χ0v) is 17.0. The van der Waals surface area contributed by atoms with Crippen LogP contribution in [0.2, 0.25) is 0 Å². The van der Waals surface area contributed by atoms with Crippen LogP contribution in [-0.2, 0) is 0 Å². The van der Waals surface area contributed by atoms with E-state index in [0.29, 0.717) is 12.3 Å². The second-order valence-corrected chi connectivity index (χ2v) is 7.71. The molecule has 1 aromatic carbocycles. The topological polar surface area (TPSA) is 71.5 Å². The lowest BCUT2D eigenvalue weighted by molar-refractivity contribution is 0.0905. The minimum absolute atomic E-state index is 0.0245. The molecule has 0 bridgehead atoms. The van der Waals surface area contributed by atoms with Crippen molar-refractivity contribution >= 4 is 5.91 Å². The third-order valence-corrected chi connectivity index (χ3v) is 5.46. The first-order valence-corrected chi connectivity index (χ1v) is 10.2. The molecule has 152 valence electrons. The second kappa shape index (κ2) is 8.66. The molecule has 1 atom stereocenters. The number of nitrogens with zero attached hydrogens (tertiary/aromatic N) is 2. The number of furan rings is 1. The number of hydrogen-bond acceptors (Lipinski definition) is 5. The van der Waals surface area contributed by atoms with Gasteiger partial charge in [-0.2, -0.15) is 0 Å². The zero-order chi connectivity index (χ0) is 20.2. The lowest BCUT2D eigenvalue weighted by Gasteiger charge is -2.33. The van der Waals surface area contributed by atoms with Crippen molar-refractivity contribution in [2.24, 2.45) is 0 Å². The number of benzene rings is 1. The molecule has 0 radical (unpaired) electrons. The average Bonchev–Trinajstić information content (AvgIpc) is 3.39. The van der Waals surface area contributed by atoms with Crippen molar-refractivity contribution in [2.75, 3.05) is 19.6 Å². The van der Waals surface area contributed by atoms with E-state index in [1.807, 2.05) is 50.2 Å². The van der Waals surface area contributed by atoms with Crippen LogP contribution < -0.4 is 5.32 Å². The Morgan fingerprint density at radius 1 is 1.10 bits per heavy atom. The van der Waals surface area contributed by atoms with E-state index in [1.54, 1.807) is 6.07 Å².